The molecule has 0 radical (unpaired) electrons. The van der Waals surface area contributed by atoms with Crippen LogP contribution in [0.15, 0.2) is 36.9 Å². The third-order valence-corrected chi connectivity index (χ3v) is 2.68. The number of esters is 1. The fourth-order valence-corrected chi connectivity index (χ4v) is 1.74. The van der Waals surface area contributed by atoms with Crippen LogP contribution >= 0.6 is 0 Å². The Morgan fingerprint density at radius 2 is 2.00 bits per heavy atom. The second-order valence-electron chi connectivity index (χ2n) is 4.30. The lowest BCUT2D eigenvalue weighted by Crippen LogP contribution is -2.41. The highest BCUT2D eigenvalue weighted by molar-refractivity contribution is 6.04. The molecule has 1 aromatic rings. The van der Waals surface area contributed by atoms with E-state index in [0.29, 0.717) is 5.69 Å². The smallest absolute Gasteiger partial charge is 0.328 e. The monoisotopic (exact) mass is 290 g/mol. The molecule has 0 aliphatic carbocycles. The van der Waals surface area contributed by atoms with Crippen LogP contribution in [-0.4, -0.2) is 30.9 Å². The van der Waals surface area contributed by atoms with Gasteiger partial charge in [0.25, 0.3) is 5.91 Å². The van der Waals surface area contributed by atoms with Crippen molar-refractivity contribution in [3.63, 3.8) is 0 Å². The minimum Gasteiger partial charge on any atom is -0.467 e. The molecule has 2 N–H and O–H groups in total. The first-order valence-electron chi connectivity index (χ1n) is 6.35. The van der Waals surface area contributed by atoms with Gasteiger partial charge in [0.05, 0.1) is 18.4 Å². The zero-order valence-corrected chi connectivity index (χ0v) is 12.0. The molecule has 1 atom stereocenters. The Morgan fingerprint density at radius 3 is 2.57 bits per heavy atom. The molecule has 1 aromatic carbocycles. The molecule has 0 heterocycles. The van der Waals surface area contributed by atoms with Gasteiger partial charge in [-0.15, -0.1) is 6.58 Å². The zero-order chi connectivity index (χ0) is 15.8. The summed E-state index contributed by atoms with van der Waals surface area (Å²) in [7, 11) is 1.25. The zero-order valence-electron chi connectivity index (χ0n) is 12.0. The molecule has 6 heteroatoms. The van der Waals surface area contributed by atoms with E-state index < -0.39 is 17.9 Å². The predicted octanol–water partition coefficient (Wildman–Crippen LogP) is 1.49. The van der Waals surface area contributed by atoms with E-state index in [9.17, 15) is 14.4 Å². The highest BCUT2D eigenvalue weighted by atomic mass is 16.5. The van der Waals surface area contributed by atoms with Crippen LogP contribution in [-0.2, 0) is 14.3 Å². The lowest BCUT2D eigenvalue weighted by atomic mass is 10.1. The van der Waals surface area contributed by atoms with Gasteiger partial charge in [-0.25, -0.2) is 4.79 Å². The number of ether oxygens (including phenoxy) is 1. The normalized spacial score (nSPS) is 11.1. The summed E-state index contributed by atoms with van der Waals surface area (Å²) >= 11 is 0. The van der Waals surface area contributed by atoms with E-state index in [-0.39, 0.29) is 17.9 Å². The van der Waals surface area contributed by atoms with Gasteiger partial charge in [0.2, 0.25) is 5.91 Å². The molecule has 0 unspecified atom stereocenters. The van der Waals surface area contributed by atoms with Crippen LogP contribution in [0.4, 0.5) is 5.69 Å². The summed E-state index contributed by atoms with van der Waals surface area (Å²) in [5, 5.41) is 5.13. The molecular formula is C15H18N2O4. The first-order valence-corrected chi connectivity index (χ1v) is 6.35. The average Bonchev–Trinajstić information content (AvgIpc) is 2.45. The van der Waals surface area contributed by atoms with Crippen molar-refractivity contribution in [2.45, 2.75) is 19.4 Å². The molecule has 2 amide bonds. The Morgan fingerprint density at radius 1 is 1.33 bits per heavy atom. The van der Waals surface area contributed by atoms with Gasteiger partial charge in [0, 0.05) is 6.92 Å². The van der Waals surface area contributed by atoms with E-state index in [1.807, 2.05) is 0 Å². The number of carbonyl (C=O) groups excluding carboxylic acids is 3. The van der Waals surface area contributed by atoms with Crippen LogP contribution in [0.2, 0.25) is 0 Å². The number of hydrogen-bond donors (Lipinski definition) is 2. The second-order valence-corrected chi connectivity index (χ2v) is 4.30. The molecule has 0 spiro atoms. The van der Waals surface area contributed by atoms with Crippen LogP contribution in [0.1, 0.15) is 23.7 Å². The first kappa shape index (κ1) is 16.4. The van der Waals surface area contributed by atoms with Crippen LogP contribution in [0.25, 0.3) is 0 Å². The molecule has 0 bridgehead atoms. The number of carbonyl (C=O) groups is 3. The van der Waals surface area contributed by atoms with Gasteiger partial charge >= 0.3 is 5.97 Å². The topological polar surface area (TPSA) is 84.5 Å². The van der Waals surface area contributed by atoms with E-state index in [2.05, 4.69) is 21.9 Å². The molecule has 0 saturated carbocycles. The summed E-state index contributed by atoms with van der Waals surface area (Å²) < 4.78 is 4.63. The van der Waals surface area contributed by atoms with Gasteiger partial charge < -0.3 is 15.4 Å². The van der Waals surface area contributed by atoms with Gasteiger partial charge in [0.1, 0.15) is 6.04 Å². The molecule has 0 aliphatic rings. The summed E-state index contributed by atoms with van der Waals surface area (Å²) in [5.41, 5.74) is 0.649. The van der Waals surface area contributed by atoms with Gasteiger partial charge in [-0.05, 0) is 18.6 Å². The molecule has 6 nitrogen and oxygen atoms in total. The maximum atomic E-state index is 12.2. The van der Waals surface area contributed by atoms with Crippen molar-refractivity contribution in [2.24, 2.45) is 0 Å². The number of nitrogens with one attached hydrogen (secondary N) is 2. The van der Waals surface area contributed by atoms with Crippen molar-refractivity contribution in [2.75, 3.05) is 12.4 Å². The second kappa shape index (κ2) is 7.84. The third kappa shape index (κ3) is 4.76. The molecule has 21 heavy (non-hydrogen) atoms. The average molecular weight is 290 g/mol. The van der Waals surface area contributed by atoms with E-state index in [1.165, 1.54) is 20.1 Å². The van der Waals surface area contributed by atoms with E-state index in [4.69, 9.17) is 0 Å². The number of methoxy groups -OCH3 is 1. The highest BCUT2D eigenvalue weighted by Gasteiger charge is 2.22. The van der Waals surface area contributed by atoms with Gasteiger partial charge in [-0.2, -0.15) is 0 Å². The molecule has 112 valence electrons. The number of benzene rings is 1. The Hall–Kier alpha value is -2.63. The molecule has 0 fully saturated rings. The minimum atomic E-state index is -0.814. The number of hydrogen-bond acceptors (Lipinski definition) is 4. The van der Waals surface area contributed by atoms with Crippen LogP contribution in [0.5, 0.6) is 0 Å². The van der Waals surface area contributed by atoms with Crippen LogP contribution in [0, 0.1) is 0 Å². The largest absolute Gasteiger partial charge is 0.467 e. The van der Waals surface area contributed by atoms with Gasteiger partial charge in [0.15, 0.2) is 0 Å². The van der Waals surface area contributed by atoms with Crippen molar-refractivity contribution in [1.29, 1.82) is 0 Å². The minimum absolute atomic E-state index is 0.251. The van der Waals surface area contributed by atoms with Crippen molar-refractivity contribution in [1.82, 2.24) is 5.32 Å². The maximum Gasteiger partial charge on any atom is 0.328 e. The first-order chi connectivity index (χ1) is 9.99. The molecular weight excluding hydrogens is 272 g/mol. The van der Waals surface area contributed by atoms with Crippen molar-refractivity contribution in [3.05, 3.63) is 42.5 Å². The fraction of sp³-hybridized carbons (Fsp3) is 0.267. The standard InChI is InChI=1S/C15H18N2O4/c1-4-7-13(15(20)21-3)17-14(19)11-8-5-6-9-12(11)16-10(2)18/h4-6,8-9,13H,1,7H2,2-3H3,(H,16,18)(H,17,19)/t13-/m1/s1. The molecule has 0 aromatic heterocycles. The molecule has 1 rings (SSSR count). The summed E-state index contributed by atoms with van der Waals surface area (Å²) in [4.78, 5) is 35.0. The molecule has 0 saturated heterocycles. The Kier molecular flexibility index (Phi) is 6.13. The van der Waals surface area contributed by atoms with Crippen LogP contribution < -0.4 is 10.6 Å². The van der Waals surface area contributed by atoms with Crippen molar-refractivity contribution < 1.29 is 19.1 Å². The number of anilines is 1. The Bertz CT molecular complexity index is 554. The SMILES string of the molecule is C=CC[C@@H](NC(=O)c1ccccc1NC(C)=O)C(=O)OC. The van der Waals surface area contributed by atoms with Gasteiger partial charge in [-0.3, -0.25) is 9.59 Å². The lowest BCUT2D eigenvalue weighted by molar-refractivity contribution is -0.142. The predicted molar refractivity (Wildman–Crippen MR) is 78.8 cm³/mol. The number of amides is 2. The Balaban J connectivity index is 2.94. The summed E-state index contributed by atoms with van der Waals surface area (Å²) in [5.74, 6) is -1.32. The van der Waals surface area contributed by atoms with Crippen molar-refractivity contribution in [3.8, 4) is 0 Å². The highest BCUT2D eigenvalue weighted by Crippen LogP contribution is 2.15. The quantitative estimate of drug-likeness (QED) is 0.614. The maximum absolute atomic E-state index is 12.2. The van der Waals surface area contributed by atoms with Crippen molar-refractivity contribution >= 4 is 23.5 Å². The van der Waals surface area contributed by atoms with Crippen LogP contribution in [0.3, 0.4) is 0 Å². The van der Waals surface area contributed by atoms with E-state index in [0.717, 1.165) is 0 Å². The van der Waals surface area contributed by atoms with E-state index >= 15 is 0 Å². The molecule has 0 aliphatic heterocycles. The Labute approximate surface area is 123 Å². The summed E-state index contributed by atoms with van der Waals surface area (Å²) in [6.07, 6.45) is 1.77. The number of para-hydroxylation sites is 1. The summed E-state index contributed by atoms with van der Waals surface area (Å²) in [6, 6.07) is 5.72. The van der Waals surface area contributed by atoms with Gasteiger partial charge in [-0.1, -0.05) is 18.2 Å². The lowest BCUT2D eigenvalue weighted by Gasteiger charge is -2.16. The van der Waals surface area contributed by atoms with E-state index in [1.54, 1.807) is 24.3 Å². The third-order valence-electron chi connectivity index (χ3n) is 2.68. The summed E-state index contributed by atoms with van der Waals surface area (Å²) in [6.45, 7) is 4.89. The fourth-order valence-electron chi connectivity index (χ4n) is 1.74. The number of rotatable bonds is 6.